The van der Waals surface area contributed by atoms with Gasteiger partial charge in [0.1, 0.15) is 5.66 Å². The van der Waals surface area contributed by atoms with Crippen molar-refractivity contribution in [2.45, 2.75) is 29.4 Å². The van der Waals surface area contributed by atoms with Gasteiger partial charge in [0.25, 0.3) is 0 Å². The molecule has 0 saturated carbocycles. The van der Waals surface area contributed by atoms with Crippen LogP contribution in [-0.2, 0) is 10.5 Å². The summed E-state index contributed by atoms with van der Waals surface area (Å²) in [7, 11) is 0. The Kier molecular flexibility index (Phi) is 7.41. The van der Waals surface area contributed by atoms with Crippen molar-refractivity contribution in [3.8, 4) is 0 Å². The molecule has 1 amide bonds. The van der Waals surface area contributed by atoms with Crippen LogP contribution in [-0.4, -0.2) is 27.0 Å². The van der Waals surface area contributed by atoms with Crippen LogP contribution in [0.25, 0.3) is 0 Å². The maximum absolute atomic E-state index is 10.8. The van der Waals surface area contributed by atoms with E-state index >= 15 is 0 Å². The third-order valence-electron chi connectivity index (χ3n) is 1.81. The predicted octanol–water partition coefficient (Wildman–Crippen LogP) is 1.74. The number of amides is 1. The predicted molar refractivity (Wildman–Crippen MR) is 69.3 cm³/mol. The second-order valence-electron chi connectivity index (χ2n) is 3.75. The Morgan fingerprint density at radius 3 is 2.12 bits per heavy atom. The van der Waals surface area contributed by atoms with Crippen LogP contribution in [0.3, 0.4) is 0 Å². The number of nitrogens with one attached hydrogen (secondary N) is 1. The van der Waals surface area contributed by atoms with Gasteiger partial charge in [0.05, 0.1) is 0 Å². The average Bonchev–Trinajstić information content (AvgIpc) is 2.18. The number of carbonyl (C=O) groups excluding carboxylic acids is 1. The molecule has 2 radical (unpaired) electrons. The number of carbonyl (C=O) groups is 1. The molecule has 3 N–H and O–H groups in total. The van der Waals surface area contributed by atoms with Gasteiger partial charge in [0.2, 0.25) is 5.91 Å². The first-order chi connectivity index (χ1) is 7.44. The third kappa shape index (κ3) is 6.12. The van der Waals surface area contributed by atoms with Crippen molar-refractivity contribution in [3.05, 3.63) is 35.9 Å². The fourth-order valence-electron chi connectivity index (χ4n) is 1.22. The topological polar surface area (TPSA) is 55.1 Å². The summed E-state index contributed by atoms with van der Waals surface area (Å²) in [6, 6.07) is 9.46. The Hall–Kier alpha value is -0.551. The zero-order valence-electron chi connectivity index (χ0n) is 10.4. The van der Waals surface area contributed by atoms with Crippen LogP contribution in [0.5, 0.6) is 0 Å². The number of hydrogen-bond donors (Lipinski definition) is 2. The van der Waals surface area contributed by atoms with E-state index in [9.17, 15) is 4.79 Å². The van der Waals surface area contributed by atoms with E-state index in [1.807, 2.05) is 30.3 Å². The molecule has 0 spiro atoms. The summed E-state index contributed by atoms with van der Waals surface area (Å²) in [4.78, 5) is 15.4. The summed E-state index contributed by atoms with van der Waals surface area (Å²) in [5, 5.41) is 2.67. The molecule has 0 aliphatic heterocycles. The standard InChI is InChI=1S/C10H14N2O.2CH3.Sn/c1-8(13)12-10(2,11)9-6-4-3-5-7-9;;;/h3-7H,11H2,1-2H3,(H,12,13);2*1H3;/t10-;;;/m0.../s1. The van der Waals surface area contributed by atoms with Crippen molar-refractivity contribution < 1.29 is 4.79 Å². The zero-order chi connectivity index (χ0) is 12.6. The van der Waals surface area contributed by atoms with Crippen LogP contribution in [0.2, 0.25) is 9.88 Å². The molecule has 16 heavy (non-hydrogen) atoms. The van der Waals surface area contributed by atoms with Gasteiger partial charge >= 0.3 is 31.0 Å². The molecular formula is C12H20N2OSn. The normalized spacial score (nSPS) is 13.1. The van der Waals surface area contributed by atoms with Gasteiger partial charge in [0, 0.05) is 6.92 Å². The molecule has 0 saturated heterocycles. The summed E-state index contributed by atoms with van der Waals surface area (Å²) < 4.78 is 0. The average molecular weight is 327 g/mol. The molecule has 0 fully saturated rings. The molecule has 1 rings (SSSR count). The van der Waals surface area contributed by atoms with Crippen LogP contribution in [0.15, 0.2) is 30.3 Å². The molecule has 3 nitrogen and oxygen atoms in total. The van der Waals surface area contributed by atoms with Gasteiger partial charge in [-0.2, -0.15) is 0 Å². The van der Waals surface area contributed by atoms with Gasteiger partial charge in [-0.3, -0.25) is 4.79 Å². The van der Waals surface area contributed by atoms with E-state index in [2.05, 4.69) is 15.2 Å². The van der Waals surface area contributed by atoms with Gasteiger partial charge < -0.3 is 11.1 Å². The number of nitrogens with two attached hydrogens (primary N) is 1. The van der Waals surface area contributed by atoms with Crippen LogP contribution >= 0.6 is 0 Å². The molecule has 88 valence electrons. The number of benzene rings is 1. The van der Waals surface area contributed by atoms with E-state index in [1.165, 1.54) is 6.92 Å². The van der Waals surface area contributed by atoms with E-state index in [0.29, 0.717) is 0 Å². The molecule has 0 aliphatic carbocycles. The molecule has 0 aliphatic rings. The Labute approximate surface area is 108 Å². The van der Waals surface area contributed by atoms with E-state index in [-0.39, 0.29) is 27.0 Å². The summed E-state index contributed by atoms with van der Waals surface area (Å²) in [6.45, 7) is 3.22. The van der Waals surface area contributed by atoms with Crippen LogP contribution in [0.4, 0.5) is 0 Å². The summed E-state index contributed by atoms with van der Waals surface area (Å²) >= 11 is 0.230. The monoisotopic (exact) mass is 328 g/mol. The van der Waals surface area contributed by atoms with E-state index < -0.39 is 5.66 Å². The molecule has 4 heteroatoms. The van der Waals surface area contributed by atoms with Crippen LogP contribution < -0.4 is 11.1 Å². The van der Waals surface area contributed by atoms with Crippen molar-refractivity contribution in [2.24, 2.45) is 5.73 Å². The second-order valence-corrected chi connectivity index (χ2v) is 6.60. The Balaban J connectivity index is 0.000000673. The number of rotatable bonds is 2. The van der Waals surface area contributed by atoms with Crippen LogP contribution in [0, 0.1) is 0 Å². The van der Waals surface area contributed by atoms with Crippen molar-refractivity contribution in [1.29, 1.82) is 0 Å². The molecule has 1 atom stereocenters. The minimum atomic E-state index is -0.785. The van der Waals surface area contributed by atoms with E-state index in [4.69, 9.17) is 5.73 Å². The number of hydrogen-bond acceptors (Lipinski definition) is 2. The van der Waals surface area contributed by atoms with E-state index in [1.54, 1.807) is 6.92 Å². The molecule has 0 unspecified atom stereocenters. The van der Waals surface area contributed by atoms with E-state index in [0.717, 1.165) is 5.56 Å². The quantitative estimate of drug-likeness (QED) is 0.642. The fraction of sp³-hybridized carbons (Fsp3) is 0.417. The summed E-state index contributed by atoms with van der Waals surface area (Å²) in [5.74, 6) is -0.131. The van der Waals surface area contributed by atoms with Gasteiger partial charge in [-0.25, -0.2) is 0 Å². The molecule has 1 aromatic rings. The zero-order valence-corrected chi connectivity index (χ0v) is 13.2. The Morgan fingerprint density at radius 2 is 1.75 bits per heavy atom. The fourth-order valence-corrected chi connectivity index (χ4v) is 1.22. The molecule has 0 aromatic heterocycles. The van der Waals surface area contributed by atoms with Crippen molar-refractivity contribution in [2.75, 3.05) is 0 Å². The minimum absolute atomic E-state index is 0.131. The van der Waals surface area contributed by atoms with Crippen molar-refractivity contribution in [1.82, 2.24) is 5.32 Å². The first-order valence-corrected chi connectivity index (χ1v) is 10.9. The molecule has 0 heterocycles. The Morgan fingerprint density at radius 1 is 1.31 bits per heavy atom. The third-order valence-corrected chi connectivity index (χ3v) is 1.81. The van der Waals surface area contributed by atoms with Gasteiger partial charge in [-0.05, 0) is 12.5 Å². The second kappa shape index (κ2) is 7.68. The first-order valence-electron chi connectivity index (χ1n) is 5.15. The molecule has 0 bridgehead atoms. The molecular weight excluding hydrogens is 307 g/mol. The Bertz CT molecular complexity index is 312. The molecule has 1 aromatic carbocycles. The summed E-state index contributed by atoms with van der Waals surface area (Å²) in [6.07, 6.45) is 0. The van der Waals surface area contributed by atoms with Crippen LogP contribution in [0.1, 0.15) is 19.4 Å². The first kappa shape index (κ1) is 15.4. The van der Waals surface area contributed by atoms with Crippen molar-refractivity contribution in [3.63, 3.8) is 0 Å². The summed E-state index contributed by atoms with van der Waals surface area (Å²) in [5.41, 5.74) is 6.02. The van der Waals surface area contributed by atoms with Gasteiger partial charge in [0.15, 0.2) is 0 Å². The maximum atomic E-state index is 10.8. The van der Waals surface area contributed by atoms with Crippen molar-refractivity contribution >= 4 is 27.0 Å². The van der Waals surface area contributed by atoms with Gasteiger partial charge in [-0.15, -0.1) is 0 Å². The van der Waals surface area contributed by atoms with Gasteiger partial charge in [-0.1, -0.05) is 30.3 Å². The SMILES string of the molecule is CC(=O)N[C@](C)(N)c1ccccc1.[CH3][Sn][CH3].